The van der Waals surface area contributed by atoms with Crippen LogP contribution in [-0.2, 0) is 6.42 Å². The summed E-state index contributed by atoms with van der Waals surface area (Å²) in [5.74, 6) is 2.37. The molecule has 0 fully saturated rings. The predicted molar refractivity (Wildman–Crippen MR) is 53.1 cm³/mol. The van der Waals surface area contributed by atoms with Crippen molar-refractivity contribution in [1.29, 1.82) is 0 Å². The summed E-state index contributed by atoms with van der Waals surface area (Å²) in [5.41, 5.74) is 0.593. The van der Waals surface area contributed by atoms with Gasteiger partial charge in [-0.15, -0.1) is 0 Å². The first-order valence-corrected chi connectivity index (χ1v) is 4.91. The highest BCUT2D eigenvalue weighted by molar-refractivity contribution is 5.45. The molecule has 2 heterocycles. The molecule has 0 spiro atoms. The Morgan fingerprint density at radius 3 is 2.67 bits per heavy atom. The molecule has 0 saturated carbocycles. The van der Waals surface area contributed by atoms with Crippen LogP contribution in [0.15, 0.2) is 15.1 Å². The van der Waals surface area contributed by atoms with E-state index in [1.807, 2.05) is 6.92 Å². The van der Waals surface area contributed by atoms with Gasteiger partial charge in [0.15, 0.2) is 11.5 Å². The van der Waals surface area contributed by atoms with E-state index in [4.69, 9.17) is 9.05 Å². The Kier molecular flexibility index (Phi) is 2.53. The molecular weight excluding hydrogens is 194 g/mol. The van der Waals surface area contributed by atoms with Crippen LogP contribution in [0.5, 0.6) is 0 Å². The molecule has 0 aliphatic carbocycles. The predicted octanol–water partition coefficient (Wildman–Crippen LogP) is 2.23. The second-order valence-electron chi connectivity index (χ2n) is 3.94. The maximum Gasteiger partial charge on any atom is 0.280 e. The van der Waals surface area contributed by atoms with Crippen LogP contribution in [0.25, 0.3) is 11.6 Å². The lowest BCUT2D eigenvalue weighted by molar-refractivity contribution is 0.388. The van der Waals surface area contributed by atoms with Crippen LogP contribution in [0.2, 0.25) is 0 Å². The highest BCUT2D eigenvalue weighted by Gasteiger charge is 2.13. The summed E-state index contributed by atoms with van der Waals surface area (Å²) in [6.07, 6.45) is 0.806. The molecule has 5 heteroatoms. The zero-order valence-electron chi connectivity index (χ0n) is 9.02. The molecule has 15 heavy (non-hydrogen) atoms. The summed E-state index contributed by atoms with van der Waals surface area (Å²) < 4.78 is 10.0. The third-order valence-electron chi connectivity index (χ3n) is 1.91. The third-order valence-corrected chi connectivity index (χ3v) is 1.91. The van der Waals surface area contributed by atoms with E-state index in [9.17, 15) is 0 Å². The Bertz CT molecular complexity index is 445. The summed E-state index contributed by atoms with van der Waals surface area (Å²) >= 11 is 0. The van der Waals surface area contributed by atoms with E-state index >= 15 is 0 Å². The molecule has 2 aromatic heterocycles. The molecule has 0 aliphatic rings. The second-order valence-corrected chi connectivity index (χ2v) is 3.94. The number of nitrogens with zero attached hydrogens (tertiary/aromatic N) is 3. The maximum absolute atomic E-state index is 5.08. The van der Waals surface area contributed by atoms with Crippen LogP contribution < -0.4 is 0 Å². The molecule has 0 aromatic carbocycles. The van der Waals surface area contributed by atoms with E-state index in [0.717, 1.165) is 12.2 Å². The molecule has 0 N–H and O–H groups in total. The highest BCUT2D eigenvalue weighted by Crippen LogP contribution is 2.17. The van der Waals surface area contributed by atoms with Crippen molar-refractivity contribution in [3.63, 3.8) is 0 Å². The fraction of sp³-hybridized carbons (Fsp3) is 0.500. The Labute approximate surface area is 87.5 Å². The van der Waals surface area contributed by atoms with Crippen LogP contribution in [0.4, 0.5) is 0 Å². The quantitative estimate of drug-likeness (QED) is 0.772. The molecular formula is C10H13N3O2. The third kappa shape index (κ3) is 2.23. The van der Waals surface area contributed by atoms with Crippen molar-refractivity contribution in [2.45, 2.75) is 27.2 Å². The Morgan fingerprint density at radius 1 is 1.27 bits per heavy atom. The molecule has 2 aromatic rings. The minimum atomic E-state index is 0.419. The fourth-order valence-electron chi connectivity index (χ4n) is 1.27. The fourth-order valence-corrected chi connectivity index (χ4v) is 1.27. The van der Waals surface area contributed by atoms with E-state index < -0.39 is 0 Å². The topological polar surface area (TPSA) is 65.0 Å². The van der Waals surface area contributed by atoms with Gasteiger partial charge in [-0.05, 0) is 12.8 Å². The first-order chi connectivity index (χ1) is 7.15. The number of hydrogen-bond donors (Lipinski definition) is 0. The molecule has 0 aliphatic heterocycles. The first-order valence-electron chi connectivity index (χ1n) is 4.91. The second kappa shape index (κ2) is 3.84. The van der Waals surface area contributed by atoms with Gasteiger partial charge in [0.1, 0.15) is 5.76 Å². The summed E-state index contributed by atoms with van der Waals surface area (Å²) in [7, 11) is 0. The van der Waals surface area contributed by atoms with Gasteiger partial charge in [0.25, 0.3) is 5.89 Å². The number of rotatable bonds is 3. The lowest BCUT2D eigenvalue weighted by Gasteiger charge is -1.95. The molecule has 0 saturated heterocycles. The van der Waals surface area contributed by atoms with Gasteiger partial charge in [-0.25, -0.2) is 0 Å². The summed E-state index contributed by atoms with van der Waals surface area (Å²) in [6.45, 7) is 6.04. The minimum absolute atomic E-state index is 0.419. The van der Waals surface area contributed by atoms with Crippen molar-refractivity contribution in [3.05, 3.63) is 17.7 Å². The van der Waals surface area contributed by atoms with E-state index in [0.29, 0.717) is 23.3 Å². The largest absolute Gasteiger partial charge is 0.361 e. The average molecular weight is 207 g/mol. The molecule has 0 atom stereocenters. The van der Waals surface area contributed by atoms with Crippen molar-refractivity contribution in [2.75, 3.05) is 0 Å². The van der Waals surface area contributed by atoms with Crippen LogP contribution in [0, 0.1) is 12.8 Å². The van der Waals surface area contributed by atoms with Gasteiger partial charge in [-0.1, -0.05) is 24.2 Å². The van der Waals surface area contributed by atoms with Crippen molar-refractivity contribution in [2.24, 2.45) is 5.92 Å². The zero-order valence-corrected chi connectivity index (χ0v) is 9.02. The van der Waals surface area contributed by atoms with Crippen LogP contribution in [0.1, 0.15) is 25.4 Å². The average Bonchev–Trinajstić information content (AvgIpc) is 2.72. The number of hydrogen-bond acceptors (Lipinski definition) is 5. The molecule has 0 radical (unpaired) electrons. The summed E-state index contributed by atoms with van der Waals surface area (Å²) in [6, 6.07) is 1.77. The molecule has 80 valence electrons. The molecule has 0 bridgehead atoms. The van der Waals surface area contributed by atoms with Crippen LogP contribution in [-0.4, -0.2) is 15.3 Å². The summed E-state index contributed by atoms with van der Waals surface area (Å²) in [4.78, 5) is 4.23. The SMILES string of the molecule is Cc1cc(-c2nc(CC(C)C)no2)no1. The van der Waals surface area contributed by atoms with Gasteiger partial charge in [0.2, 0.25) is 0 Å². The maximum atomic E-state index is 5.08. The van der Waals surface area contributed by atoms with Crippen molar-refractivity contribution in [1.82, 2.24) is 15.3 Å². The Hall–Kier alpha value is -1.65. The lowest BCUT2D eigenvalue weighted by atomic mass is 10.1. The van der Waals surface area contributed by atoms with Gasteiger partial charge in [-0.3, -0.25) is 0 Å². The molecule has 0 unspecified atom stereocenters. The van der Waals surface area contributed by atoms with Gasteiger partial charge in [0, 0.05) is 12.5 Å². The van der Waals surface area contributed by atoms with E-state index in [-0.39, 0.29) is 0 Å². The van der Waals surface area contributed by atoms with Crippen molar-refractivity contribution in [3.8, 4) is 11.6 Å². The normalized spacial score (nSPS) is 11.2. The van der Waals surface area contributed by atoms with E-state index in [1.165, 1.54) is 0 Å². The van der Waals surface area contributed by atoms with Crippen LogP contribution >= 0.6 is 0 Å². The summed E-state index contributed by atoms with van der Waals surface area (Å²) in [5, 5.41) is 7.68. The Balaban J connectivity index is 2.20. The first kappa shape index (κ1) is 9.89. The van der Waals surface area contributed by atoms with Gasteiger partial charge < -0.3 is 9.05 Å². The minimum Gasteiger partial charge on any atom is -0.361 e. The monoisotopic (exact) mass is 207 g/mol. The zero-order chi connectivity index (χ0) is 10.8. The Morgan fingerprint density at radius 2 is 2.07 bits per heavy atom. The number of aromatic nitrogens is 3. The van der Waals surface area contributed by atoms with Gasteiger partial charge >= 0.3 is 0 Å². The van der Waals surface area contributed by atoms with Crippen molar-refractivity contribution < 1.29 is 9.05 Å². The van der Waals surface area contributed by atoms with E-state index in [2.05, 4.69) is 29.1 Å². The molecule has 5 nitrogen and oxygen atoms in total. The van der Waals surface area contributed by atoms with E-state index in [1.54, 1.807) is 6.07 Å². The standard InChI is InChI=1S/C10H13N3O2/c1-6(2)4-9-11-10(15-13-9)8-5-7(3)14-12-8/h5-6H,4H2,1-3H3. The van der Waals surface area contributed by atoms with Gasteiger partial charge in [-0.2, -0.15) is 4.98 Å². The molecule has 0 amide bonds. The molecule has 2 rings (SSSR count). The van der Waals surface area contributed by atoms with Gasteiger partial charge in [0.05, 0.1) is 0 Å². The highest BCUT2D eigenvalue weighted by atomic mass is 16.5. The number of aryl methyl sites for hydroxylation is 1. The lowest BCUT2D eigenvalue weighted by Crippen LogP contribution is -1.95. The van der Waals surface area contributed by atoms with Crippen LogP contribution in [0.3, 0.4) is 0 Å². The van der Waals surface area contributed by atoms with Crippen molar-refractivity contribution >= 4 is 0 Å². The smallest absolute Gasteiger partial charge is 0.280 e.